The molecule has 0 saturated heterocycles. The van der Waals surface area contributed by atoms with E-state index in [9.17, 15) is 9.59 Å². The number of hydrogen-bond acceptors (Lipinski definition) is 4. The summed E-state index contributed by atoms with van der Waals surface area (Å²) in [7, 11) is 0. The summed E-state index contributed by atoms with van der Waals surface area (Å²) >= 11 is 0. The van der Waals surface area contributed by atoms with Gasteiger partial charge in [-0.05, 0) is 32.1 Å². The third-order valence-corrected chi connectivity index (χ3v) is 4.20. The molecule has 0 aromatic carbocycles. The maximum absolute atomic E-state index is 12.3. The van der Waals surface area contributed by atoms with Crippen molar-refractivity contribution in [2.75, 3.05) is 6.54 Å². The standard InChI is InChI=1S/C17H26N4O2/c1-11(2)7-8-18-16(22)13-5-4-6-14(13)21-17(23)15-10-19-12(3)9-20-15/h9-11,13-14H,4-8H2,1-3H3,(H,18,22)(H,21,23)/t13-,14+/m0/s1. The lowest BCUT2D eigenvalue weighted by Crippen LogP contribution is -2.44. The van der Waals surface area contributed by atoms with Crippen molar-refractivity contribution < 1.29 is 9.59 Å². The van der Waals surface area contributed by atoms with Crippen LogP contribution in [0.5, 0.6) is 0 Å². The molecule has 0 unspecified atom stereocenters. The van der Waals surface area contributed by atoms with Crippen molar-refractivity contribution in [3.63, 3.8) is 0 Å². The Bertz CT molecular complexity index is 542. The number of aryl methyl sites for hydroxylation is 1. The molecule has 0 aliphatic heterocycles. The predicted octanol–water partition coefficient (Wildman–Crippen LogP) is 1.85. The van der Waals surface area contributed by atoms with Gasteiger partial charge in [-0.3, -0.25) is 14.6 Å². The SMILES string of the molecule is Cc1cnc(C(=O)N[C@@H]2CCC[C@@H]2C(=O)NCCC(C)C)cn1. The zero-order valence-corrected chi connectivity index (χ0v) is 14.1. The highest BCUT2D eigenvalue weighted by molar-refractivity contribution is 5.92. The second kappa shape index (κ2) is 8.04. The highest BCUT2D eigenvalue weighted by Gasteiger charge is 2.34. The van der Waals surface area contributed by atoms with Crippen LogP contribution in [0, 0.1) is 18.8 Å². The fourth-order valence-corrected chi connectivity index (χ4v) is 2.81. The van der Waals surface area contributed by atoms with Crippen LogP contribution >= 0.6 is 0 Å². The molecule has 23 heavy (non-hydrogen) atoms. The summed E-state index contributed by atoms with van der Waals surface area (Å²) in [4.78, 5) is 32.7. The molecule has 0 bridgehead atoms. The fraction of sp³-hybridized carbons (Fsp3) is 0.647. The Kier molecular flexibility index (Phi) is 6.07. The second-order valence-corrected chi connectivity index (χ2v) is 6.63. The van der Waals surface area contributed by atoms with Gasteiger partial charge in [-0.15, -0.1) is 0 Å². The molecular weight excluding hydrogens is 292 g/mol. The Morgan fingerprint density at radius 3 is 2.70 bits per heavy atom. The van der Waals surface area contributed by atoms with Crippen molar-refractivity contribution in [2.45, 2.75) is 52.5 Å². The zero-order chi connectivity index (χ0) is 16.8. The Morgan fingerprint density at radius 2 is 2.04 bits per heavy atom. The number of carbonyl (C=O) groups excluding carboxylic acids is 2. The number of nitrogens with zero attached hydrogens (tertiary/aromatic N) is 2. The smallest absolute Gasteiger partial charge is 0.271 e. The molecule has 0 radical (unpaired) electrons. The summed E-state index contributed by atoms with van der Waals surface area (Å²) in [6.07, 6.45) is 6.60. The van der Waals surface area contributed by atoms with Gasteiger partial charge in [0.25, 0.3) is 5.91 Å². The van der Waals surface area contributed by atoms with Crippen molar-refractivity contribution in [2.24, 2.45) is 11.8 Å². The first kappa shape index (κ1) is 17.4. The van der Waals surface area contributed by atoms with Crippen molar-refractivity contribution in [1.82, 2.24) is 20.6 Å². The summed E-state index contributed by atoms with van der Waals surface area (Å²) in [5.74, 6) is 0.201. The third-order valence-electron chi connectivity index (χ3n) is 4.20. The van der Waals surface area contributed by atoms with Crippen LogP contribution in [0.4, 0.5) is 0 Å². The number of hydrogen-bond donors (Lipinski definition) is 2. The first-order chi connectivity index (χ1) is 11.0. The molecule has 2 atom stereocenters. The van der Waals surface area contributed by atoms with E-state index in [1.54, 1.807) is 6.20 Å². The summed E-state index contributed by atoms with van der Waals surface area (Å²) in [5, 5.41) is 5.93. The van der Waals surface area contributed by atoms with Crippen LogP contribution in [-0.2, 0) is 4.79 Å². The van der Waals surface area contributed by atoms with Gasteiger partial charge >= 0.3 is 0 Å². The van der Waals surface area contributed by atoms with Crippen LogP contribution in [0.2, 0.25) is 0 Å². The number of rotatable bonds is 6. The molecular formula is C17H26N4O2. The van der Waals surface area contributed by atoms with E-state index in [0.29, 0.717) is 18.2 Å². The van der Waals surface area contributed by atoms with E-state index in [1.165, 1.54) is 6.20 Å². The molecule has 1 aliphatic rings. The molecule has 1 saturated carbocycles. The van der Waals surface area contributed by atoms with Gasteiger partial charge in [-0.25, -0.2) is 4.98 Å². The van der Waals surface area contributed by atoms with Gasteiger partial charge < -0.3 is 10.6 Å². The quantitative estimate of drug-likeness (QED) is 0.838. The monoisotopic (exact) mass is 318 g/mol. The minimum Gasteiger partial charge on any atom is -0.356 e. The topological polar surface area (TPSA) is 84.0 Å². The lowest BCUT2D eigenvalue weighted by Gasteiger charge is -2.20. The molecule has 1 heterocycles. The van der Waals surface area contributed by atoms with E-state index >= 15 is 0 Å². The van der Waals surface area contributed by atoms with Crippen LogP contribution in [0.15, 0.2) is 12.4 Å². The first-order valence-corrected chi connectivity index (χ1v) is 8.34. The first-order valence-electron chi connectivity index (χ1n) is 8.34. The average molecular weight is 318 g/mol. The van der Waals surface area contributed by atoms with Crippen molar-refractivity contribution in [3.05, 3.63) is 23.8 Å². The third kappa shape index (κ3) is 5.01. The van der Waals surface area contributed by atoms with Gasteiger partial charge in [0.15, 0.2) is 0 Å². The van der Waals surface area contributed by atoms with Crippen molar-refractivity contribution in [1.29, 1.82) is 0 Å². The van der Waals surface area contributed by atoms with E-state index in [4.69, 9.17) is 0 Å². The van der Waals surface area contributed by atoms with Crippen LogP contribution in [-0.4, -0.2) is 34.4 Å². The van der Waals surface area contributed by atoms with Gasteiger partial charge in [-0.2, -0.15) is 0 Å². The molecule has 1 fully saturated rings. The summed E-state index contributed by atoms with van der Waals surface area (Å²) in [5.41, 5.74) is 1.06. The molecule has 2 amide bonds. The van der Waals surface area contributed by atoms with E-state index in [-0.39, 0.29) is 23.8 Å². The summed E-state index contributed by atoms with van der Waals surface area (Å²) in [6.45, 7) is 6.78. The van der Waals surface area contributed by atoms with E-state index < -0.39 is 0 Å². The molecule has 0 spiro atoms. The number of aromatic nitrogens is 2. The fourth-order valence-electron chi connectivity index (χ4n) is 2.81. The Hall–Kier alpha value is -1.98. The second-order valence-electron chi connectivity index (χ2n) is 6.63. The Labute approximate surface area is 137 Å². The minimum absolute atomic E-state index is 0.0449. The molecule has 2 rings (SSSR count). The maximum atomic E-state index is 12.3. The van der Waals surface area contributed by atoms with Crippen molar-refractivity contribution >= 4 is 11.8 Å². The maximum Gasteiger partial charge on any atom is 0.271 e. The molecule has 1 aromatic rings. The summed E-state index contributed by atoms with van der Waals surface area (Å²) in [6, 6.07) is -0.121. The van der Waals surface area contributed by atoms with E-state index in [2.05, 4.69) is 34.4 Å². The lowest BCUT2D eigenvalue weighted by atomic mass is 10.0. The van der Waals surface area contributed by atoms with Gasteiger partial charge in [-0.1, -0.05) is 20.3 Å². The van der Waals surface area contributed by atoms with Crippen LogP contribution in [0.25, 0.3) is 0 Å². The number of nitrogens with one attached hydrogen (secondary N) is 2. The molecule has 1 aliphatic carbocycles. The molecule has 126 valence electrons. The summed E-state index contributed by atoms with van der Waals surface area (Å²) < 4.78 is 0. The molecule has 2 N–H and O–H groups in total. The van der Waals surface area contributed by atoms with Crippen LogP contribution in [0.3, 0.4) is 0 Å². The van der Waals surface area contributed by atoms with Crippen molar-refractivity contribution in [3.8, 4) is 0 Å². The van der Waals surface area contributed by atoms with Crippen LogP contribution < -0.4 is 10.6 Å². The highest BCUT2D eigenvalue weighted by atomic mass is 16.2. The Morgan fingerprint density at radius 1 is 1.26 bits per heavy atom. The molecule has 1 aromatic heterocycles. The minimum atomic E-state index is -0.260. The van der Waals surface area contributed by atoms with E-state index in [0.717, 1.165) is 31.4 Å². The van der Waals surface area contributed by atoms with Gasteiger partial charge in [0.05, 0.1) is 17.8 Å². The molecule has 6 heteroatoms. The van der Waals surface area contributed by atoms with Gasteiger partial charge in [0, 0.05) is 18.8 Å². The predicted molar refractivity (Wildman–Crippen MR) is 87.8 cm³/mol. The normalized spacial score (nSPS) is 20.5. The zero-order valence-electron chi connectivity index (χ0n) is 14.1. The largest absolute Gasteiger partial charge is 0.356 e. The number of amides is 2. The van der Waals surface area contributed by atoms with E-state index in [1.807, 2.05) is 6.92 Å². The lowest BCUT2D eigenvalue weighted by molar-refractivity contribution is -0.125. The number of carbonyl (C=O) groups is 2. The Balaban J connectivity index is 1.89. The molecule has 6 nitrogen and oxygen atoms in total. The van der Waals surface area contributed by atoms with Crippen LogP contribution in [0.1, 0.15) is 55.7 Å². The highest BCUT2D eigenvalue weighted by Crippen LogP contribution is 2.26. The average Bonchev–Trinajstić information content (AvgIpc) is 2.95. The van der Waals surface area contributed by atoms with Gasteiger partial charge in [0.1, 0.15) is 5.69 Å². The van der Waals surface area contributed by atoms with Gasteiger partial charge in [0.2, 0.25) is 5.91 Å².